The van der Waals surface area contributed by atoms with E-state index in [1.807, 2.05) is 74.2 Å². The number of benzene rings is 1. The number of nitrogens with zero attached hydrogens (tertiary/aromatic N) is 4. The van der Waals surface area contributed by atoms with Crippen LogP contribution in [0.2, 0.25) is 0 Å². The van der Waals surface area contributed by atoms with Crippen LogP contribution < -0.4 is 5.32 Å². The highest BCUT2D eigenvalue weighted by molar-refractivity contribution is 5.81. The monoisotopic (exact) mass is 415 g/mol. The SMILES string of the molecule is CC(C)(C)C(=O)N1CCCC(c2nc(Nc3ccccc3)cc(-c3ccncc3)n2)C1. The summed E-state index contributed by atoms with van der Waals surface area (Å²) in [7, 11) is 0. The molecule has 31 heavy (non-hydrogen) atoms. The van der Waals surface area contributed by atoms with Crippen LogP contribution in [-0.4, -0.2) is 38.8 Å². The number of anilines is 2. The molecule has 0 aliphatic carbocycles. The standard InChI is InChI=1S/C25H29N5O/c1-25(2,3)24(31)30-15-7-8-19(17-30)23-28-21(18-11-13-26-14-12-18)16-22(29-23)27-20-9-5-4-6-10-20/h4-6,9-14,16,19H,7-8,15,17H2,1-3H3,(H,27,28,29). The molecule has 0 spiro atoms. The van der Waals surface area contributed by atoms with Gasteiger partial charge in [0.15, 0.2) is 0 Å². The molecule has 1 atom stereocenters. The second kappa shape index (κ2) is 8.84. The van der Waals surface area contributed by atoms with Gasteiger partial charge in [-0.25, -0.2) is 9.97 Å². The molecule has 1 aromatic carbocycles. The van der Waals surface area contributed by atoms with Crippen LogP contribution in [0.3, 0.4) is 0 Å². The average Bonchev–Trinajstić information content (AvgIpc) is 2.79. The number of hydrogen-bond acceptors (Lipinski definition) is 5. The molecule has 4 rings (SSSR count). The number of pyridine rings is 1. The fourth-order valence-electron chi connectivity index (χ4n) is 3.90. The van der Waals surface area contributed by atoms with Gasteiger partial charge < -0.3 is 10.2 Å². The van der Waals surface area contributed by atoms with Gasteiger partial charge in [-0.05, 0) is 37.1 Å². The number of amides is 1. The Labute approximate surface area is 183 Å². The molecule has 6 heteroatoms. The first kappa shape index (κ1) is 21.0. The normalized spacial score (nSPS) is 16.7. The molecule has 1 N–H and O–H groups in total. The lowest BCUT2D eigenvalue weighted by molar-refractivity contribution is -0.140. The molecule has 3 heterocycles. The molecule has 0 bridgehead atoms. The number of rotatable bonds is 4. The molecular formula is C25H29N5O. The van der Waals surface area contributed by atoms with Gasteiger partial charge >= 0.3 is 0 Å². The third-order valence-electron chi connectivity index (χ3n) is 5.48. The van der Waals surface area contributed by atoms with Crippen molar-refractivity contribution in [2.24, 2.45) is 5.41 Å². The summed E-state index contributed by atoms with van der Waals surface area (Å²) < 4.78 is 0. The molecule has 1 saturated heterocycles. The fraction of sp³-hybridized carbons (Fsp3) is 0.360. The van der Waals surface area contributed by atoms with E-state index in [2.05, 4.69) is 10.3 Å². The maximum absolute atomic E-state index is 12.9. The van der Waals surface area contributed by atoms with Crippen LogP contribution in [-0.2, 0) is 4.79 Å². The number of piperidine rings is 1. The molecule has 1 aliphatic heterocycles. The van der Waals surface area contributed by atoms with Gasteiger partial charge in [-0.1, -0.05) is 39.0 Å². The molecule has 160 valence electrons. The zero-order valence-corrected chi connectivity index (χ0v) is 18.4. The fourth-order valence-corrected chi connectivity index (χ4v) is 3.90. The summed E-state index contributed by atoms with van der Waals surface area (Å²) in [4.78, 5) is 28.7. The Morgan fingerprint density at radius 3 is 2.52 bits per heavy atom. The van der Waals surface area contributed by atoms with Crippen molar-refractivity contribution < 1.29 is 4.79 Å². The summed E-state index contributed by atoms with van der Waals surface area (Å²) in [5.74, 6) is 1.82. The van der Waals surface area contributed by atoms with E-state index < -0.39 is 0 Å². The number of hydrogen-bond donors (Lipinski definition) is 1. The Bertz CT molecular complexity index is 1030. The Kier molecular flexibility index (Phi) is 5.98. The van der Waals surface area contributed by atoms with E-state index in [0.717, 1.165) is 48.0 Å². The molecule has 3 aromatic rings. The van der Waals surface area contributed by atoms with Gasteiger partial charge in [0.1, 0.15) is 11.6 Å². The quantitative estimate of drug-likeness (QED) is 0.647. The van der Waals surface area contributed by atoms with Crippen LogP contribution in [0.5, 0.6) is 0 Å². The van der Waals surface area contributed by atoms with Gasteiger partial charge in [0, 0.05) is 54.1 Å². The van der Waals surface area contributed by atoms with Crippen LogP contribution in [0.25, 0.3) is 11.3 Å². The highest BCUT2D eigenvalue weighted by Crippen LogP contribution is 2.31. The summed E-state index contributed by atoms with van der Waals surface area (Å²) >= 11 is 0. The molecule has 1 amide bonds. The zero-order valence-electron chi connectivity index (χ0n) is 18.4. The first-order chi connectivity index (χ1) is 14.9. The number of carbonyl (C=O) groups excluding carboxylic acids is 1. The third-order valence-corrected chi connectivity index (χ3v) is 5.48. The Morgan fingerprint density at radius 2 is 1.81 bits per heavy atom. The predicted molar refractivity (Wildman–Crippen MR) is 123 cm³/mol. The maximum Gasteiger partial charge on any atom is 0.227 e. The molecular weight excluding hydrogens is 386 g/mol. The van der Waals surface area contributed by atoms with Crippen molar-refractivity contribution in [3.8, 4) is 11.3 Å². The van der Waals surface area contributed by atoms with Crippen molar-refractivity contribution in [3.05, 3.63) is 66.7 Å². The second-order valence-corrected chi connectivity index (χ2v) is 9.06. The smallest absolute Gasteiger partial charge is 0.227 e. The van der Waals surface area contributed by atoms with Crippen molar-refractivity contribution in [3.63, 3.8) is 0 Å². The lowest BCUT2D eigenvalue weighted by atomic mass is 9.91. The highest BCUT2D eigenvalue weighted by Gasteiger charge is 2.32. The van der Waals surface area contributed by atoms with Crippen molar-refractivity contribution in [1.82, 2.24) is 19.9 Å². The van der Waals surface area contributed by atoms with Gasteiger partial charge in [0.25, 0.3) is 0 Å². The van der Waals surface area contributed by atoms with Gasteiger partial charge in [-0.15, -0.1) is 0 Å². The first-order valence-corrected chi connectivity index (χ1v) is 10.8. The molecule has 6 nitrogen and oxygen atoms in total. The Balaban J connectivity index is 1.67. The maximum atomic E-state index is 12.9. The van der Waals surface area contributed by atoms with Gasteiger partial charge in [-0.2, -0.15) is 0 Å². The predicted octanol–water partition coefficient (Wildman–Crippen LogP) is 5.03. The number of aromatic nitrogens is 3. The summed E-state index contributed by atoms with van der Waals surface area (Å²) in [6.45, 7) is 7.37. The Hall–Kier alpha value is -3.28. The Morgan fingerprint density at radius 1 is 1.06 bits per heavy atom. The lowest BCUT2D eigenvalue weighted by Gasteiger charge is -2.36. The third kappa shape index (κ3) is 5.08. The van der Waals surface area contributed by atoms with E-state index in [0.29, 0.717) is 6.54 Å². The minimum absolute atomic E-state index is 0.109. The number of carbonyl (C=O) groups is 1. The molecule has 2 aromatic heterocycles. The first-order valence-electron chi connectivity index (χ1n) is 10.8. The van der Waals surface area contributed by atoms with Crippen molar-refractivity contribution in [2.45, 2.75) is 39.5 Å². The molecule has 0 saturated carbocycles. The lowest BCUT2D eigenvalue weighted by Crippen LogP contribution is -2.44. The van der Waals surface area contributed by atoms with Crippen LogP contribution >= 0.6 is 0 Å². The summed E-state index contributed by atoms with van der Waals surface area (Å²) in [6.07, 6.45) is 5.47. The van der Waals surface area contributed by atoms with Crippen LogP contribution in [0.4, 0.5) is 11.5 Å². The second-order valence-electron chi connectivity index (χ2n) is 9.06. The van der Waals surface area contributed by atoms with Crippen LogP contribution in [0.15, 0.2) is 60.9 Å². The van der Waals surface area contributed by atoms with E-state index in [1.54, 1.807) is 12.4 Å². The minimum atomic E-state index is -0.387. The molecule has 0 radical (unpaired) electrons. The molecule has 1 unspecified atom stereocenters. The number of para-hydroxylation sites is 1. The summed E-state index contributed by atoms with van der Waals surface area (Å²) in [5, 5.41) is 3.40. The van der Waals surface area contributed by atoms with E-state index in [1.165, 1.54) is 0 Å². The van der Waals surface area contributed by atoms with Crippen LogP contribution in [0, 0.1) is 5.41 Å². The van der Waals surface area contributed by atoms with Crippen molar-refractivity contribution in [1.29, 1.82) is 0 Å². The van der Waals surface area contributed by atoms with Gasteiger partial charge in [-0.3, -0.25) is 9.78 Å². The molecule has 1 fully saturated rings. The average molecular weight is 416 g/mol. The highest BCUT2D eigenvalue weighted by atomic mass is 16.2. The van der Waals surface area contributed by atoms with Gasteiger partial charge in [0.2, 0.25) is 5.91 Å². The summed E-state index contributed by atoms with van der Waals surface area (Å²) in [5.41, 5.74) is 2.43. The van der Waals surface area contributed by atoms with Crippen LogP contribution in [0.1, 0.15) is 45.4 Å². The van der Waals surface area contributed by atoms with E-state index in [4.69, 9.17) is 9.97 Å². The van der Waals surface area contributed by atoms with E-state index in [-0.39, 0.29) is 17.2 Å². The number of likely N-dealkylation sites (tertiary alicyclic amines) is 1. The van der Waals surface area contributed by atoms with Crippen molar-refractivity contribution in [2.75, 3.05) is 18.4 Å². The summed E-state index contributed by atoms with van der Waals surface area (Å²) in [6, 6.07) is 15.9. The number of nitrogens with one attached hydrogen (secondary N) is 1. The minimum Gasteiger partial charge on any atom is -0.342 e. The van der Waals surface area contributed by atoms with E-state index >= 15 is 0 Å². The zero-order chi connectivity index (χ0) is 21.8. The topological polar surface area (TPSA) is 71.0 Å². The largest absolute Gasteiger partial charge is 0.342 e. The van der Waals surface area contributed by atoms with Crippen molar-refractivity contribution >= 4 is 17.4 Å². The van der Waals surface area contributed by atoms with E-state index in [9.17, 15) is 4.79 Å². The van der Waals surface area contributed by atoms with Gasteiger partial charge in [0.05, 0.1) is 5.69 Å². The molecule has 1 aliphatic rings.